The SMILES string of the molecule is CCc1cccc2c(C(=O)CSc3cccc(C(F)(F)F)c3)c[nH]c12. The molecule has 6 heteroatoms. The number of hydrogen-bond acceptors (Lipinski definition) is 2. The van der Waals surface area contributed by atoms with Gasteiger partial charge in [0.25, 0.3) is 0 Å². The van der Waals surface area contributed by atoms with Crippen molar-refractivity contribution in [2.45, 2.75) is 24.4 Å². The minimum atomic E-state index is -4.38. The number of halogens is 3. The van der Waals surface area contributed by atoms with Crippen molar-refractivity contribution < 1.29 is 18.0 Å². The molecule has 0 fully saturated rings. The highest BCUT2D eigenvalue weighted by Gasteiger charge is 2.30. The molecule has 25 heavy (non-hydrogen) atoms. The molecule has 1 N–H and O–H groups in total. The molecule has 1 aromatic heterocycles. The summed E-state index contributed by atoms with van der Waals surface area (Å²) in [4.78, 5) is 16.1. The van der Waals surface area contributed by atoms with E-state index in [9.17, 15) is 18.0 Å². The molecule has 130 valence electrons. The van der Waals surface area contributed by atoms with E-state index in [-0.39, 0.29) is 11.5 Å². The predicted molar refractivity (Wildman–Crippen MR) is 94.2 cm³/mol. The summed E-state index contributed by atoms with van der Waals surface area (Å²) in [5.74, 6) is -0.0214. The lowest BCUT2D eigenvalue weighted by Crippen LogP contribution is -2.05. The van der Waals surface area contributed by atoms with Crippen molar-refractivity contribution in [1.82, 2.24) is 4.98 Å². The van der Waals surface area contributed by atoms with E-state index in [0.717, 1.165) is 46.8 Å². The van der Waals surface area contributed by atoms with Crippen LogP contribution in [0.2, 0.25) is 0 Å². The van der Waals surface area contributed by atoms with Crippen LogP contribution in [0.15, 0.2) is 53.6 Å². The second kappa shape index (κ2) is 6.96. The summed E-state index contributed by atoms with van der Waals surface area (Å²) in [7, 11) is 0. The van der Waals surface area contributed by atoms with Crippen molar-refractivity contribution in [1.29, 1.82) is 0 Å². The Hall–Kier alpha value is -2.21. The van der Waals surface area contributed by atoms with E-state index in [0.29, 0.717) is 10.5 Å². The van der Waals surface area contributed by atoms with Crippen LogP contribution in [0.1, 0.15) is 28.4 Å². The van der Waals surface area contributed by atoms with E-state index in [2.05, 4.69) is 4.98 Å². The Morgan fingerprint density at radius 2 is 1.92 bits per heavy atom. The van der Waals surface area contributed by atoms with E-state index < -0.39 is 11.7 Å². The van der Waals surface area contributed by atoms with Crippen molar-refractivity contribution in [2.24, 2.45) is 0 Å². The highest BCUT2D eigenvalue weighted by atomic mass is 32.2. The first kappa shape index (κ1) is 17.6. The molecule has 0 atom stereocenters. The molecule has 0 amide bonds. The van der Waals surface area contributed by atoms with E-state index in [1.54, 1.807) is 12.3 Å². The van der Waals surface area contributed by atoms with E-state index in [1.807, 2.05) is 25.1 Å². The van der Waals surface area contributed by atoms with E-state index in [1.165, 1.54) is 6.07 Å². The van der Waals surface area contributed by atoms with E-state index >= 15 is 0 Å². The van der Waals surface area contributed by atoms with Crippen molar-refractivity contribution in [3.05, 3.63) is 65.4 Å². The molecule has 2 nitrogen and oxygen atoms in total. The van der Waals surface area contributed by atoms with Gasteiger partial charge in [-0.25, -0.2) is 0 Å². The van der Waals surface area contributed by atoms with Gasteiger partial charge in [-0.3, -0.25) is 4.79 Å². The lowest BCUT2D eigenvalue weighted by Gasteiger charge is -2.08. The van der Waals surface area contributed by atoms with Gasteiger partial charge in [-0.05, 0) is 30.2 Å². The molecule has 0 radical (unpaired) electrons. The van der Waals surface area contributed by atoms with Gasteiger partial charge in [0, 0.05) is 27.6 Å². The number of para-hydroxylation sites is 1. The Kier molecular flexibility index (Phi) is 4.90. The lowest BCUT2D eigenvalue weighted by molar-refractivity contribution is -0.137. The van der Waals surface area contributed by atoms with Crippen LogP contribution in [-0.2, 0) is 12.6 Å². The number of aromatic amines is 1. The quantitative estimate of drug-likeness (QED) is 0.464. The number of H-pyrrole nitrogens is 1. The minimum Gasteiger partial charge on any atom is -0.360 e. The lowest BCUT2D eigenvalue weighted by atomic mass is 10.1. The van der Waals surface area contributed by atoms with Crippen molar-refractivity contribution >= 4 is 28.4 Å². The third-order valence-corrected chi connectivity index (χ3v) is 5.01. The van der Waals surface area contributed by atoms with Gasteiger partial charge in [-0.15, -0.1) is 11.8 Å². The summed E-state index contributed by atoms with van der Waals surface area (Å²) in [6.07, 6.45) is -1.85. The fourth-order valence-corrected chi connectivity index (χ4v) is 3.57. The third kappa shape index (κ3) is 3.74. The number of ketones is 1. The summed E-state index contributed by atoms with van der Waals surface area (Å²) >= 11 is 1.11. The topological polar surface area (TPSA) is 32.9 Å². The number of carbonyl (C=O) groups is 1. The second-order valence-electron chi connectivity index (χ2n) is 5.63. The summed E-state index contributed by atoms with van der Waals surface area (Å²) in [6, 6.07) is 10.8. The largest absolute Gasteiger partial charge is 0.416 e. The maximum absolute atomic E-state index is 12.8. The molecule has 2 aromatic carbocycles. The highest BCUT2D eigenvalue weighted by Crippen LogP contribution is 2.32. The number of carbonyl (C=O) groups excluding carboxylic acids is 1. The number of rotatable bonds is 5. The first-order valence-corrected chi connectivity index (χ1v) is 8.81. The van der Waals surface area contributed by atoms with Crippen LogP contribution in [0.25, 0.3) is 10.9 Å². The van der Waals surface area contributed by atoms with Gasteiger partial charge in [0.1, 0.15) is 0 Å². The van der Waals surface area contributed by atoms with Crippen LogP contribution >= 0.6 is 11.8 Å². The number of thioether (sulfide) groups is 1. The zero-order valence-corrected chi connectivity index (χ0v) is 14.3. The number of fused-ring (bicyclic) bond motifs is 1. The van der Waals surface area contributed by atoms with Crippen LogP contribution in [0.3, 0.4) is 0 Å². The fraction of sp³-hybridized carbons (Fsp3) is 0.211. The molecule has 0 unspecified atom stereocenters. The molecular formula is C19H16F3NOS. The first-order chi connectivity index (χ1) is 11.9. The number of aromatic nitrogens is 1. The van der Waals surface area contributed by atoms with Crippen LogP contribution in [0, 0.1) is 0 Å². The zero-order valence-electron chi connectivity index (χ0n) is 13.5. The summed E-state index contributed by atoms with van der Waals surface area (Å²) in [6.45, 7) is 2.04. The van der Waals surface area contributed by atoms with Crippen molar-refractivity contribution in [3.8, 4) is 0 Å². The Balaban J connectivity index is 1.78. The minimum absolute atomic E-state index is 0.0879. The molecule has 3 rings (SSSR count). The van der Waals surface area contributed by atoms with Crippen LogP contribution in [0.5, 0.6) is 0 Å². The van der Waals surface area contributed by atoms with Crippen LogP contribution in [0.4, 0.5) is 13.2 Å². The number of benzene rings is 2. The van der Waals surface area contributed by atoms with Gasteiger partial charge in [-0.1, -0.05) is 31.2 Å². The number of alkyl halides is 3. The van der Waals surface area contributed by atoms with Gasteiger partial charge < -0.3 is 4.98 Å². The second-order valence-corrected chi connectivity index (χ2v) is 6.68. The molecule has 0 saturated carbocycles. The summed E-state index contributed by atoms with van der Waals surface area (Å²) in [5, 5.41) is 0.856. The number of hydrogen-bond donors (Lipinski definition) is 1. The monoisotopic (exact) mass is 363 g/mol. The molecule has 3 aromatic rings. The number of Topliss-reactive ketones (excluding diaryl/α,β-unsaturated/α-hetero) is 1. The standard InChI is InChI=1S/C19H16F3NOS/c1-2-12-5-3-8-15-16(10-23-18(12)15)17(24)11-25-14-7-4-6-13(9-14)19(20,21)22/h3-10,23H,2,11H2,1H3. The third-order valence-electron chi connectivity index (χ3n) is 4.01. The molecule has 0 aliphatic heterocycles. The Morgan fingerprint density at radius 3 is 2.64 bits per heavy atom. The maximum atomic E-state index is 12.8. The Labute approximate surface area is 147 Å². The highest BCUT2D eigenvalue weighted by molar-refractivity contribution is 8.00. The van der Waals surface area contributed by atoms with Gasteiger partial charge in [0.15, 0.2) is 5.78 Å². The predicted octanol–water partition coefficient (Wildman–Crippen LogP) is 5.72. The molecular weight excluding hydrogens is 347 g/mol. The average Bonchev–Trinajstić information content (AvgIpc) is 3.03. The van der Waals surface area contributed by atoms with Gasteiger partial charge in [0.05, 0.1) is 11.3 Å². The summed E-state index contributed by atoms with van der Waals surface area (Å²) in [5.41, 5.74) is 1.94. The van der Waals surface area contributed by atoms with Crippen LogP contribution in [-0.4, -0.2) is 16.5 Å². The first-order valence-electron chi connectivity index (χ1n) is 7.82. The van der Waals surface area contributed by atoms with Gasteiger partial charge in [0.2, 0.25) is 0 Å². The van der Waals surface area contributed by atoms with Crippen molar-refractivity contribution in [2.75, 3.05) is 5.75 Å². The number of nitrogens with one attached hydrogen (secondary N) is 1. The molecule has 0 bridgehead atoms. The fourth-order valence-electron chi connectivity index (χ4n) is 2.73. The van der Waals surface area contributed by atoms with Gasteiger partial charge >= 0.3 is 6.18 Å². The molecule has 0 saturated heterocycles. The number of aryl methyl sites for hydroxylation is 1. The van der Waals surface area contributed by atoms with Crippen LogP contribution < -0.4 is 0 Å². The molecule has 0 aliphatic rings. The normalized spacial score (nSPS) is 11.8. The van der Waals surface area contributed by atoms with E-state index in [4.69, 9.17) is 0 Å². The summed E-state index contributed by atoms with van der Waals surface area (Å²) < 4.78 is 38.3. The molecule has 0 aliphatic carbocycles. The Morgan fingerprint density at radius 1 is 1.16 bits per heavy atom. The zero-order chi connectivity index (χ0) is 18.0. The van der Waals surface area contributed by atoms with Crippen molar-refractivity contribution in [3.63, 3.8) is 0 Å². The average molecular weight is 363 g/mol. The van der Waals surface area contributed by atoms with Gasteiger partial charge in [-0.2, -0.15) is 13.2 Å². The molecule has 1 heterocycles. The Bertz CT molecular complexity index is 914. The maximum Gasteiger partial charge on any atom is 0.416 e. The molecule has 0 spiro atoms. The smallest absolute Gasteiger partial charge is 0.360 e.